The Hall–Kier alpha value is -1.95. The molecule has 0 saturated heterocycles. The van der Waals surface area contributed by atoms with Gasteiger partial charge in [0.25, 0.3) is 5.91 Å². The summed E-state index contributed by atoms with van der Waals surface area (Å²) in [5, 5.41) is 3.01. The number of rotatable bonds is 6. The summed E-state index contributed by atoms with van der Waals surface area (Å²) in [6, 6.07) is 7.09. The molecule has 1 N–H and O–H groups in total. The molecule has 0 spiro atoms. The Morgan fingerprint density at radius 1 is 1.07 bits per heavy atom. The van der Waals surface area contributed by atoms with Crippen LogP contribution in [0.15, 0.2) is 35.2 Å². The van der Waals surface area contributed by atoms with E-state index in [0.29, 0.717) is 10.8 Å². The van der Waals surface area contributed by atoms with Gasteiger partial charge in [0.2, 0.25) is 0 Å². The minimum Gasteiger partial charge on any atom is -0.322 e. The van der Waals surface area contributed by atoms with Crippen molar-refractivity contribution in [2.75, 3.05) is 5.32 Å². The van der Waals surface area contributed by atoms with Gasteiger partial charge in [0, 0.05) is 33.5 Å². The maximum atomic E-state index is 13.4. The maximum absolute atomic E-state index is 13.4. The molecule has 1 aliphatic rings. The quantitative estimate of drug-likeness (QED) is 0.538. The van der Waals surface area contributed by atoms with E-state index < -0.39 is 23.4 Å². The maximum Gasteiger partial charge on any atom is 0.255 e. The van der Waals surface area contributed by atoms with E-state index in [2.05, 4.69) is 12.2 Å². The van der Waals surface area contributed by atoms with Gasteiger partial charge in [-0.25, -0.2) is 13.2 Å². The molecule has 1 aliphatic carbocycles. The molecule has 3 rings (SSSR count). The van der Waals surface area contributed by atoms with Gasteiger partial charge in [-0.3, -0.25) is 4.79 Å². The number of benzene rings is 2. The van der Waals surface area contributed by atoms with E-state index in [9.17, 15) is 18.0 Å². The first-order valence-electron chi connectivity index (χ1n) is 9.73. The minimum absolute atomic E-state index is 0.111. The molecule has 2 nitrogen and oxygen atoms in total. The normalized spacial score (nSPS) is 14.9. The highest BCUT2D eigenvalue weighted by Gasteiger charge is 2.18. The van der Waals surface area contributed by atoms with Crippen molar-refractivity contribution in [3.05, 3.63) is 58.9 Å². The second-order valence-corrected chi connectivity index (χ2v) is 8.50. The Kier molecular flexibility index (Phi) is 7.05. The van der Waals surface area contributed by atoms with Gasteiger partial charge in [-0.05, 0) is 37.0 Å². The number of halogens is 3. The van der Waals surface area contributed by atoms with Crippen molar-refractivity contribution in [1.29, 1.82) is 0 Å². The number of anilines is 1. The molecular weight excluding hydrogens is 383 g/mol. The van der Waals surface area contributed by atoms with E-state index in [-0.39, 0.29) is 5.69 Å². The second-order valence-electron chi connectivity index (χ2n) is 7.16. The Bertz CT molecular complexity index is 827. The van der Waals surface area contributed by atoms with Gasteiger partial charge >= 0.3 is 0 Å². The van der Waals surface area contributed by atoms with Crippen LogP contribution in [-0.2, 0) is 6.42 Å². The van der Waals surface area contributed by atoms with Gasteiger partial charge in [0.05, 0.1) is 0 Å². The van der Waals surface area contributed by atoms with Crippen molar-refractivity contribution in [2.24, 2.45) is 0 Å². The Morgan fingerprint density at radius 3 is 2.39 bits per heavy atom. The molecule has 1 saturated carbocycles. The summed E-state index contributed by atoms with van der Waals surface area (Å²) in [6.45, 7) is 2.12. The number of thioether (sulfide) groups is 1. The SMILES string of the molecule is CCCc1ccc(C(=O)Nc2cc(F)c(F)c(F)c2)cc1SC1CCCCC1. The Labute approximate surface area is 167 Å². The number of carbonyl (C=O) groups is 1. The van der Waals surface area contributed by atoms with Crippen LogP contribution in [0.5, 0.6) is 0 Å². The zero-order valence-corrected chi connectivity index (χ0v) is 16.7. The Balaban J connectivity index is 1.80. The second kappa shape index (κ2) is 9.50. The first-order chi connectivity index (χ1) is 13.5. The molecule has 1 fully saturated rings. The summed E-state index contributed by atoms with van der Waals surface area (Å²) in [4.78, 5) is 13.7. The van der Waals surface area contributed by atoms with E-state index in [0.717, 1.165) is 29.9 Å². The van der Waals surface area contributed by atoms with Crippen LogP contribution in [-0.4, -0.2) is 11.2 Å². The predicted octanol–water partition coefficient (Wildman–Crippen LogP) is 6.73. The van der Waals surface area contributed by atoms with E-state index in [1.807, 2.05) is 23.9 Å². The lowest BCUT2D eigenvalue weighted by Gasteiger charge is -2.22. The molecule has 6 heteroatoms. The summed E-state index contributed by atoms with van der Waals surface area (Å²) in [7, 11) is 0. The molecular formula is C22H24F3NOS. The summed E-state index contributed by atoms with van der Waals surface area (Å²) >= 11 is 1.83. The van der Waals surface area contributed by atoms with Gasteiger partial charge in [-0.2, -0.15) is 0 Å². The molecule has 2 aromatic carbocycles. The number of aryl methyl sites for hydroxylation is 1. The van der Waals surface area contributed by atoms with Gasteiger partial charge in [0.1, 0.15) is 0 Å². The lowest BCUT2D eigenvalue weighted by Crippen LogP contribution is -2.14. The molecule has 150 valence electrons. The van der Waals surface area contributed by atoms with Crippen molar-refractivity contribution in [2.45, 2.75) is 62.0 Å². The number of hydrogen-bond acceptors (Lipinski definition) is 2. The molecule has 0 radical (unpaired) electrons. The zero-order chi connectivity index (χ0) is 20.1. The molecule has 0 aromatic heterocycles. The zero-order valence-electron chi connectivity index (χ0n) is 15.9. The highest BCUT2D eigenvalue weighted by molar-refractivity contribution is 8.00. The van der Waals surface area contributed by atoms with E-state index >= 15 is 0 Å². The molecule has 0 heterocycles. The standard InChI is InChI=1S/C22H24F3NOS/c1-2-6-14-9-10-15(11-20(14)28-17-7-4-3-5-8-17)22(27)26-16-12-18(23)21(25)19(24)13-16/h9-13,17H,2-8H2,1H3,(H,26,27). The first-order valence-corrected chi connectivity index (χ1v) is 10.6. The number of carbonyl (C=O) groups excluding carboxylic acids is 1. The molecule has 28 heavy (non-hydrogen) atoms. The Morgan fingerprint density at radius 2 is 1.75 bits per heavy atom. The third-order valence-corrected chi connectivity index (χ3v) is 6.37. The minimum atomic E-state index is -1.55. The monoisotopic (exact) mass is 407 g/mol. The van der Waals surface area contributed by atoms with Crippen molar-refractivity contribution in [3.8, 4) is 0 Å². The fourth-order valence-electron chi connectivity index (χ4n) is 3.47. The summed E-state index contributed by atoms with van der Waals surface area (Å²) in [5.74, 6) is -4.68. The van der Waals surface area contributed by atoms with Gasteiger partial charge in [0.15, 0.2) is 17.5 Å². The highest BCUT2D eigenvalue weighted by Crippen LogP contribution is 2.36. The van der Waals surface area contributed by atoms with Crippen LogP contribution in [0.3, 0.4) is 0 Å². The number of amides is 1. The fraction of sp³-hybridized carbons (Fsp3) is 0.409. The van der Waals surface area contributed by atoms with Crippen LogP contribution >= 0.6 is 11.8 Å². The lowest BCUT2D eigenvalue weighted by molar-refractivity contribution is 0.102. The van der Waals surface area contributed by atoms with Crippen molar-refractivity contribution in [3.63, 3.8) is 0 Å². The predicted molar refractivity (Wildman–Crippen MR) is 107 cm³/mol. The summed E-state index contributed by atoms with van der Waals surface area (Å²) in [5.41, 5.74) is 1.53. The summed E-state index contributed by atoms with van der Waals surface area (Å²) in [6.07, 6.45) is 8.07. The third kappa shape index (κ3) is 5.10. The fourth-order valence-corrected chi connectivity index (χ4v) is 4.92. The third-order valence-electron chi connectivity index (χ3n) is 4.94. The topological polar surface area (TPSA) is 29.1 Å². The van der Waals surface area contributed by atoms with Crippen molar-refractivity contribution in [1.82, 2.24) is 0 Å². The molecule has 0 unspecified atom stereocenters. The van der Waals surface area contributed by atoms with E-state index in [4.69, 9.17) is 0 Å². The van der Waals surface area contributed by atoms with Crippen LogP contribution < -0.4 is 5.32 Å². The van der Waals surface area contributed by atoms with Crippen LogP contribution in [0.2, 0.25) is 0 Å². The number of hydrogen-bond donors (Lipinski definition) is 1. The average molecular weight is 408 g/mol. The van der Waals surface area contributed by atoms with E-state index in [1.54, 1.807) is 6.07 Å². The molecule has 1 amide bonds. The first kappa shape index (κ1) is 20.8. The van der Waals surface area contributed by atoms with Crippen LogP contribution in [0, 0.1) is 17.5 Å². The summed E-state index contributed by atoms with van der Waals surface area (Å²) < 4.78 is 39.9. The van der Waals surface area contributed by atoms with Gasteiger partial charge in [-0.15, -0.1) is 11.8 Å². The molecule has 0 bridgehead atoms. The highest BCUT2D eigenvalue weighted by atomic mass is 32.2. The lowest BCUT2D eigenvalue weighted by atomic mass is 10.0. The van der Waals surface area contributed by atoms with E-state index in [1.165, 1.54) is 37.7 Å². The molecule has 0 atom stereocenters. The number of nitrogens with one attached hydrogen (secondary N) is 1. The van der Waals surface area contributed by atoms with Crippen LogP contribution in [0.1, 0.15) is 61.4 Å². The van der Waals surface area contributed by atoms with Crippen molar-refractivity contribution < 1.29 is 18.0 Å². The smallest absolute Gasteiger partial charge is 0.255 e. The van der Waals surface area contributed by atoms with Crippen LogP contribution in [0.25, 0.3) is 0 Å². The molecule has 2 aromatic rings. The molecule has 0 aliphatic heterocycles. The van der Waals surface area contributed by atoms with Crippen LogP contribution in [0.4, 0.5) is 18.9 Å². The van der Waals surface area contributed by atoms with Crippen molar-refractivity contribution >= 4 is 23.4 Å². The van der Waals surface area contributed by atoms with Gasteiger partial charge < -0.3 is 5.32 Å². The van der Waals surface area contributed by atoms with Gasteiger partial charge in [-0.1, -0.05) is 38.7 Å². The average Bonchev–Trinajstić information content (AvgIpc) is 2.68. The largest absolute Gasteiger partial charge is 0.322 e.